The predicted octanol–water partition coefficient (Wildman–Crippen LogP) is 3.86. The zero-order valence-corrected chi connectivity index (χ0v) is 18.1. The van der Waals surface area contributed by atoms with Crippen LogP contribution in [0.4, 0.5) is 0 Å². The third-order valence-electron chi connectivity index (χ3n) is 4.96. The number of hydrogen-bond donors (Lipinski definition) is 0. The largest absolute Gasteiger partial charge is 0.493 e. The van der Waals surface area contributed by atoms with E-state index in [0.29, 0.717) is 36.4 Å². The van der Waals surface area contributed by atoms with Crippen LogP contribution in [0, 0.1) is 0 Å². The van der Waals surface area contributed by atoms with Crippen LogP contribution in [-0.2, 0) is 16.0 Å². The fraction of sp³-hybridized carbons (Fsp3) is 0.364. The smallest absolute Gasteiger partial charge is 0.328 e. The maximum absolute atomic E-state index is 12.8. The van der Waals surface area contributed by atoms with Gasteiger partial charge in [0, 0.05) is 23.0 Å². The van der Waals surface area contributed by atoms with Crippen molar-refractivity contribution < 1.29 is 23.8 Å². The molecule has 3 rings (SSSR count). The summed E-state index contributed by atoms with van der Waals surface area (Å²) in [5.74, 6) is 0.796. The first-order valence-electron chi connectivity index (χ1n) is 9.47. The number of rotatable bonds is 7. The summed E-state index contributed by atoms with van der Waals surface area (Å²) in [7, 11) is 3.17. The number of amides is 1. The van der Waals surface area contributed by atoms with Crippen LogP contribution < -0.4 is 9.47 Å². The number of esters is 1. The molecule has 29 heavy (non-hydrogen) atoms. The van der Waals surface area contributed by atoms with Crippen LogP contribution in [0.2, 0.25) is 0 Å². The van der Waals surface area contributed by atoms with E-state index in [-0.39, 0.29) is 18.5 Å². The van der Waals surface area contributed by atoms with Crippen molar-refractivity contribution in [3.63, 3.8) is 0 Å². The van der Waals surface area contributed by atoms with Crippen LogP contribution in [-0.4, -0.2) is 50.2 Å². The highest BCUT2D eigenvalue weighted by molar-refractivity contribution is 9.10. The highest BCUT2D eigenvalue weighted by Crippen LogP contribution is 2.28. The topological polar surface area (TPSA) is 65.1 Å². The van der Waals surface area contributed by atoms with E-state index in [1.807, 2.05) is 30.3 Å². The summed E-state index contributed by atoms with van der Waals surface area (Å²) in [6.45, 7) is 0.801. The number of hydrogen-bond acceptors (Lipinski definition) is 5. The van der Waals surface area contributed by atoms with Crippen LogP contribution in [0.1, 0.15) is 28.8 Å². The van der Waals surface area contributed by atoms with Crippen molar-refractivity contribution in [3.8, 4) is 11.5 Å². The molecule has 0 aromatic heterocycles. The molecule has 2 aromatic rings. The second-order valence-corrected chi connectivity index (χ2v) is 7.69. The van der Waals surface area contributed by atoms with Gasteiger partial charge in [-0.25, -0.2) is 4.79 Å². The van der Waals surface area contributed by atoms with Crippen molar-refractivity contribution in [3.05, 3.63) is 58.1 Å². The summed E-state index contributed by atoms with van der Waals surface area (Å²) in [4.78, 5) is 27.0. The van der Waals surface area contributed by atoms with Crippen molar-refractivity contribution in [1.82, 2.24) is 4.90 Å². The number of carbonyl (C=O) groups excluding carboxylic acids is 2. The molecule has 1 saturated heterocycles. The Morgan fingerprint density at radius 2 is 1.79 bits per heavy atom. The lowest BCUT2D eigenvalue weighted by Crippen LogP contribution is -2.41. The molecule has 1 aliphatic rings. The molecule has 154 valence electrons. The Hall–Kier alpha value is -2.54. The molecular weight excluding hydrogens is 438 g/mol. The second kappa shape index (κ2) is 9.78. The van der Waals surface area contributed by atoms with E-state index in [2.05, 4.69) is 15.9 Å². The van der Waals surface area contributed by atoms with E-state index in [4.69, 9.17) is 14.2 Å². The number of halogens is 1. The monoisotopic (exact) mass is 461 g/mol. The lowest BCUT2D eigenvalue weighted by molar-refractivity contribution is -0.148. The highest BCUT2D eigenvalue weighted by Gasteiger charge is 2.35. The van der Waals surface area contributed by atoms with Gasteiger partial charge in [0.2, 0.25) is 0 Å². The number of methoxy groups -OCH3 is 2. The minimum atomic E-state index is -0.531. The molecule has 0 bridgehead atoms. The molecule has 0 spiro atoms. The van der Waals surface area contributed by atoms with Crippen LogP contribution in [0.5, 0.6) is 11.5 Å². The molecule has 0 unspecified atom stereocenters. The Morgan fingerprint density at radius 1 is 1.07 bits per heavy atom. The van der Waals surface area contributed by atoms with Gasteiger partial charge in [0.15, 0.2) is 11.5 Å². The molecule has 1 fully saturated rings. The van der Waals surface area contributed by atoms with Crippen molar-refractivity contribution in [2.75, 3.05) is 27.4 Å². The summed E-state index contributed by atoms with van der Waals surface area (Å²) in [6, 6.07) is 12.2. The predicted molar refractivity (Wildman–Crippen MR) is 112 cm³/mol. The maximum atomic E-state index is 12.8. The molecule has 2 aromatic carbocycles. The quantitative estimate of drug-likeness (QED) is 0.585. The van der Waals surface area contributed by atoms with Crippen molar-refractivity contribution in [1.29, 1.82) is 0 Å². The summed E-state index contributed by atoms with van der Waals surface area (Å²) in [5, 5.41) is 0. The highest BCUT2D eigenvalue weighted by atomic mass is 79.9. The standard InChI is InChI=1S/C22H24BrNO5/c1-27-19-10-5-15(14-20(19)28-2)11-13-29-22(26)18-4-3-12-24(18)21(25)16-6-8-17(23)9-7-16/h5-10,14,18H,3-4,11-13H2,1-2H3/t18-/m0/s1. The molecular formula is C22H24BrNO5. The van der Waals surface area contributed by atoms with Gasteiger partial charge < -0.3 is 19.1 Å². The molecule has 1 heterocycles. The Balaban J connectivity index is 1.57. The van der Waals surface area contributed by atoms with Gasteiger partial charge in [-0.15, -0.1) is 0 Å². The van der Waals surface area contributed by atoms with E-state index in [9.17, 15) is 9.59 Å². The van der Waals surface area contributed by atoms with Crippen molar-refractivity contribution in [2.45, 2.75) is 25.3 Å². The van der Waals surface area contributed by atoms with E-state index < -0.39 is 6.04 Å². The Bertz CT molecular complexity index is 868. The first-order chi connectivity index (χ1) is 14.0. The molecule has 1 aliphatic heterocycles. The molecule has 0 saturated carbocycles. The van der Waals surface area contributed by atoms with Gasteiger partial charge in [-0.05, 0) is 54.8 Å². The number of benzene rings is 2. The van der Waals surface area contributed by atoms with E-state index in [1.165, 1.54) is 0 Å². The number of ether oxygens (including phenoxy) is 3. The second-order valence-electron chi connectivity index (χ2n) is 6.77. The molecule has 0 radical (unpaired) electrons. The number of nitrogens with zero attached hydrogens (tertiary/aromatic N) is 1. The van der Waals surface area contributed by atoms with Gasteiger partial charge >= 0.3 is 5.97 Å². The third-order valence-corrected chi connectivity index (χ3v) is 5.49. The van der Waals surface area contributed by atoms with Crippen LogP contribution in [0.15, 0.2) is 46.9 Å². The van der Waals surface area contributed by atoms with Crippen LogP contribution >= 0.6 is 15.9 Å². The fourth-order valence-electron chi connectivity index (χ4n) is 3.41. The lowest BCUT2D eigenvalue weighted by atomic mass is 10.1. The van der Waals surface area contributed by atoms with Crippen LogP contribution in [0.3, 0.4) is 0 Å². The van der Waals surface area contributed by atoms with Gasteiger partial charge in [-0.3, -0.25) is 4.79 Å². The number of carbonyl (C=O) groups is 2. The van der Waals surface area contributed by atoms with E-state index in [0.717, 1.165) is 16.5 Å². The van der Waals surface area contributed by atoms with Crippen molar-refractivity contribution in [2.24, 2.45) is 0 Å². The van der Waals surface area contributed by atoms with Gasteiger partial charge in [0.1, 0.15) is 6.04 Å². The van der Waals surface area contributed by atoms with Gasteiger partial charge in [-0.2, -0.15) is 0 Å². The lowest BCUT2D eigenvalue weighted by Gasteiger charge is -2.23. The van der Waals surface area contributed by atoms with E-state index >= 15 is 0 Å². The van der Waals surface area contributed by atoms with Gasteiger partial charge in [0.25, 0.3) is 5.91 Å². The zero-order valence-electron chi connectivity index (χ0n) is 16.5. The first kappa shape index (κ1) is 21.2. The molecule has 6 nitrogen and oxygen atoms in total. The normalized spacial score (nSPS) is 15.8. The molecule has 7 heteroatoms. The average Bonchev–Trinajstić information content (AvgIpc) is 3.23. The Morgan fingerprint density at radius 3 is 2.48 bits per heavy atom. The SMILES string of the molecule is COc1ccc(CCOC(=O)[C@@H]2CCCN2C(=O)c2ccc(Br)cc2)cc1OC. The van der Waals surface area contributed by atoms with Gasteiger partial charge in [0.05, 0.1) is 20.8 Å². The minimum Gasteiger partial charge on any atom is -0.493 e. The molecule has 1 atom stereocenters. The van der Waals surface area contributed by atoms with Crippen LogP contribution in [0.25, 0.3) is 0 Å². The Kier molecular flexibility index (Phi) is 7.14. The fourth-order valence-corrected chi connectivity index (χ4v) is 3.68. The zero-order chi connectivity index (χ0) is 20.8. The maximum Gasteiger partial charge on any atom is 0.328 e. The Labute approximate surface area is 178 Å². The third kappa shape index (κ3) is 5.09. The molecule has 0 aliphatic carbocycles. The summed E-state index contributed by atoms with van der Waals surface area (Å²) < 4.78 is 16.9. The number of likely N-dealkylation sites (tertiary alicyclic amines) is 1. The van der Waals surface area contributed by atoms with Crippen molar-refractivity contribution >= 4 is 27.8 Å². The summed E-state index contributed by atoms with van der Waals surface area (Å²) >= 11 is 3.36. The van der Waals surface area contributed by atoms with E-state index in [1.54, 1.807) is 31.3 Å². The molecule has 1 amide bonds. The van der Waals surface area contributed by atoms with Gasteiger partial charge in [-0.1, -0.05) is 22.0 Å². The summed E-state index contributed by atoms with van der Waals surface area (Å²) in [6.07, 6.45) is 1.97. The first-order valence-corrected chi connectivity index (χ1v) is 10.3. The minimum absolute atomic E-state index is 0.142. The average molecular weight is 462 g/mol. The summed E-state index contributed by atoms with van der Waals surface area (Å²) in [5.41, 5.74) is 1.54. The molecule has 0 N–H and O–H groups in total.